The second-order valence-corrected chi connectivity index (χ2v) is 5.94. The molecule has 5 heteroatoms. The molecule has 0 atom stereocenters. The van der Waals surface area contributed by atoms with Gasteiger partial charge >= 0.3 is 5.97 Å². The zero-order valence-electron chi connectivity index (χ0n) is 12.1. The van der Waals surface area contributed by atoms with E-state index in [0.717, 1.165) is 32.1 Å². The number of nitrogens with one attached hydrogen (secondary N) is 1. The number of carbonyl (C=O) groups is 2. The molecule has 1 fully saturated rings. The Kier molecular flexibility index (Phi) is 4.83. The molecule has 114 valence electrons. The van der Waals surface area contributed by atoms with Crippen LogP contribution in [0.4, 0.5) is 5.69 Å². The molecule has 0 bridgehead atoms. The Morgan fingerprint density at radius 3 is 2.33 bits per heavy atom. The summed E-state index contributed by atoms with van der Waals surface area (Å²) in [6.45, 7) is 0.419. The summed E-state index contributed by atoms with van der Waals surface area (Å²) in [4.78, 5) is 23.2. The van der Waals surface area contributed by atoms with E-state index in [2.05, 4.69) is 5.32 Å². The van der Waals surface area contributed by atoms with Gasteiger partial charge < -0.3 is 16.2 Å². The Balaban J connectivity index is 1.99. The summed E-state index contributed by atoms with van der Waals surface area (Å²) in [7, 11) is 0. The summed E-state index contributed by atoms with van der Waals surface area (Å²) < 4.78 is 0. The Morgan fingerprint density at radius 1 is 1.14 bits per heavy atom. The molecule has 1 aromatic carbocycles. The van der Waals surface area contributed by atoms with Crippen LogP contribution < -0.4 is 11.1 Å². The summed E-state index contributed by atoms with van der Waals surface area (Å²) in [6, 6.07) is 6.72. The van der Waals surface area contributed by atoms with Crippen molar-refractivity contribution in [2.45, 2.75) is 38.5 Å². The van der Waals surface area contributed by atoms with Gasteiger partial charge in [-0.05, 0) is 42.5 Å². The van der Waals surface area contributed by atoms with Crippen LogP contribution in [0.3, 0.4) is 0 Å². The maximum Gasteiger partial charge on any atom is 0.303 e. The molecule has 1 amide bonds. The van der Waals surface area contributed by atoms with Crippen molar-refractivity contribution >= 4 is 17.6 Å². The molecule has 0 unspecified atom stereocenters. The van der Waals surface area contributed by atoms with Crippen molar-refractivity contribution in [1.29, 1.82) is 0 Å². The molecule has 1 aromatic rings. The number of hydrogen-bond donors (Lipinski definition) is 3. The zero-order valence-corrected chi connectivity index (χ0v) is 12.1. The predicted molar refractivity (Wildman–Crippen MR) is 81.0 cm³/mol. The third kappa shape index (κ3) is 4.21. The summed E-state index contributed by atoms with van der Waals surface area (Å²) in [6.07, 6.45) is 5.06. The molecule has 0 radical (unpaired) electrons. The Hall–Kier alpha value is -2.04. The first kappa shape index (κ1) is 15.4. The SMILES string of the molecule is Nc1ccc(C(=O)NCC2(CC(=O)O)CCCCC2)cc1. The largest absolute Gasteiger partial charge is 0.481 e. The van der Waals surface area contributed by atoms with Crippen molar-refractivity contribution in [2.75, 3.05) is 12.3 Å². The van der Waals surface area contributed by atoms with Crippen molar-refractivity contribution in [2.24, 2.45) is 5.41 Å². The molecule has 0 aromatic heterocycles. The second-order valence-electron chi connectivity index (χ2n) is 5.94. The fraction of sp³-hybridized carbons (Fsp3) is 0.500. The van der Waals surface area contributed by atoms with Gasteiger partial charge in [0.1, 0.15) is 0 Å². The molecule has 21 heavy (non-hydrogen) atoms. The summed E-state index contributed by atoms with van der Waals surface area (Å²) >= 11 is 0. The average molecular weight is 290 g/mol. The first-order chi connectivity index (χ1) is 10.0. The van der Waals surface area contributed by atoms with Gasteiger partial charge in [-0.15, -0.1) is 0 Å². The normalized spacial score (nSPS) is 17.1. The number of nitrogen functional groups attached to an aromatic ring is 1. The highest BCUT2D eigenvalue weighted by Crippen LogP contribution is 2.38. The number of carboxylic acid groups (broad SMARTS) is 1. The van der Waals surface area contributed by atoms with Crippen molar-refractivity contribution in [1.82, 2.24) is 5.32 Å². The van der Waals surface area contributed by atoms with Crippen LogP contribution in [0.1, 0.15) is 48.9 Å². The number of anilines is 1. The van der Waals surface area contributed by atoms with Gasteiger partial charge in [-0.3, -0.25) is 9.59 Å². The number of benzene rings is 1. The molecule has 4 N–H and O–H groups in total. The first-order valence-corrected chi connectivity index (χ1v) is 7.36. The van der Waals surface area contributed by atoms with Gasteiger partial charge in [0.2, 0.25) is 0 Å². The quantitative estimate of drug-likeness (QED) is 0.726. The number of nitrogens with two attached hydrogens (primary N) is 1. The Labute approximate surface area is 124 Å². The lowest BCUT2D eigenvalue weighted by Crippen LogP contribution is -2.40. The molecule has 0 aliphatic heterocycles. The van der Waals surface area contributed by atoms with Crippen molar-refractivity contribution in [3.63, 3.8) is 0 Å². The maximum atomic E-state index is 12.1. The number of carbonyl (C=O) groups excluding carboxylic acids is 1. The standard InChI is InChI=1S/C16H22N2O3/c17-13-6-4-12(5-7-13)15(21)18-11-16(10-14(19)20)8-2-1-3-9-16/h4-7H,1-3,8-11,17H2,(H,18,21)(H,19,20). The van der Waals surface area contributed by atoms with Crippen LogP contribution >= 0.6 is 0 Å². The molecule has 0 saturated heterocycles. The van der Waals surface area contributed by atoms with Crippen LogP contribution in [0.5, 0.6) is 0 Å². The second kappa shape index (κ2) is 6.61. The smallest absolute Gasteiger partial charge is 0.303 e. The monoisotopic (exact) mass is 290 g/mol. The zero-order chi connectivity index (χ0) is 15.3. The van der Waals surface area contributed by atoms with Gasteiger partial charge in [0.05, 0.1) is 6.42 Å². The molecular weight excluding hydrogens is 268 g/mol. The van der Waals surface area contributed by atoms with Crippen LogP contribution in [0, 0.1) is 5.41 Å². The molecule has 5 nitrogen and oxygen atoms in total. The number of rotatable bonds is 5. The Morgan fingerprint density at radius 2 is 1.76 bits per heavy atom. The molecular formula is C16H22N2O3. The average Bonchev–Trinajstić information content (AvgIpc) is 2.46. The van der Waals surface area contributed by atoms with Gasteiger partial charge in [-0.1, -0.05) is 19.3 Å². The van der Waals surface area contributed by atoms with E-state index < -0.39 is 5.97 Å². The van der Waals surface area contributed by atoms with E-state index in [1.165, 1.54) is 0 Å². The minimum Gasteiger partial charge on any atom is -0.481 e. The number of carboxylic acids is 1. The predicted octanol–water partition coefficient (Wildman–Crippen LogP) is 2.42. The third-order valence-corrected chi connectivity index (χ3v) is 4.24. The van der Waals surface area contributed by atoms with Crippen molar-refractivity contribution in [3.05, 3.63) is 29.8 Å². The van der Waals surface area contributed by atoms with Crippen LogP contribution in [0.2, 0.25) is 0 Å². The number of hydrogen-bond acceptors (Lipinski definition) is 3. The van der Waals surface area contributed by atoms with Crippen molar-refractivity contribution in [3.8, 4) is 0 Å². The minimum absolute atomic E-state index is 0.120. The van der Waals surface area contributed by atoms with Crippen LogP contribution in [0.15, 0.2) is 24.3 Å². The minimum atomic E-state index is -0.793. The fourth-order valence-electron chi connectivity index (χ4n) is 3.04. The molecule has 0 spiro atoms. The highest BCUT2D eigenvalue weighted by atomic mass is 16.4. The fourth-order valence-corrected chi connectivity index (χ4v) is 3.04. The lowest BCUT2D eigenvalue weighted by Gasteiger charge is -2.36. The van der Waals surface area contributed by atoms with E-state index in [-0.39, 0.29) is 17.7 Å². The maximum absolute atomic E-state index is 12.1. The van der Waals surface area contributed by atoms with Gasteiger partial charge in [-0.2, -0.15) is 0 Å². The summed E-state index contributed by atoms with van der Waals surface area (Å²) in [5.41, 5.74) is 6.46. The van der Waals surface area contributed by atoms with E-state index in [9.17, 15) is 9.59 Å². The Bertz CT molecular complexity index is 505. The summed E-state index contributed by atoms with van der Waals surface area (Å²) in [5, 5.41) is 12.0. The highest BCUT2D eigenvalue weighted by molar-refractivity contribution is 5.94. The molecule has 2 rings (SSSR count). The molecule has 1 aliphatic carbocycles. The van der Waals surface area contributed by atoms with Crippen LogP contribution in [0.25, 0.3) is 0 Å². The van der Waals surface area contributed by atoms with E-state index in [1.807, 2.05) is 0 Å². The van der Waals surface area contributed by atoms with Crippen LogP contribution in [-0.2, 0) is 4.79 Å². The highest BCUT2D eigenvalue weighted by Gasteiger charge is 2.34. The van der Waals surface area contributed by atoms with Gasteiger partial charge in [0, 0.05) is 17.8 Å². The van der Waals surface area contributed by atoms with Crippen LogP contribution in [-0.4, -0.2) is 23.5 Å². The topological polar surface area (TPSA) is 92.4 Å². The van der Waals surface area contributed by atoms with E-state index >= 15 is 0 Å². The number of aliphatic carboxylic acids is 1. The van der Waals surface area contributed by atoms with Gasteiger partial charge in [0.25, 0.3) is 5.91 Å². The lowest BCUT2D eigenvalue weighted by atomic mass is 9.71. The number of amides is 1. The van der Waals surface area contributed by atoms with E-state index in [0.29, 0.717) is 17.8 Å². The van der Waals surface area contributed by atoms with E-state index in [1.54, 1.807) is 24.3 Å². The van der Waals surface area contributed by atoms with Gasteiger partial charge in [-0.25, -0.2) is 0 Å². The lowest BCUT2D eigenvalue weighted by molar-refractivity contribution is -0.140. The molecule has 1 saturated carbocycles. The summed E-state index contributed by atoms with van der Waals surface area (Å²) in [5.74, 6) is -0.969. The molecule has 0 heterocycles. The van der Waals surface area contributed by atoms with E-state index in [4.69, 9.17) is 10.8 Å². The third-order valence-electron chi connectivity index (χ3n) is 4.24. The van der Waals surface area contributed by atoms with Crippen molar-refractivity contribution < 1.29 is 14.7 Å². The first-order valence-electron chi connectivity index (χ1n) is 7.36. The van der Waals surface area contributed by atoms with Gasteiger partial charge in [0.15, 0.2) is 0 Å². The molecule has 1 aliphatic rings.